The van der Waals surface area contributed by atoms with Crippen LogP contribution in [0.4, 0.5) is 5.69 Å². The summed E-state index contributed by atoms with van der Waals surface area (Å²) >= 11 is 0. The SMILES string of the molecule is CCc1ccccc1O[C@@H](C)C(=O)Nc1ccccc1C(=O)NCCOC. The van der Waals surface area contributed by atoms with Gasteiger partial charge in [0.05, 0.1) is 17.9 Å². The highest BCUT2D eigenvalue weighted by Crippen LogP contribution is 2.21. The van der Waals surface area contributed by atoms with Crippen LogP contribution in [0, 0.1) is 0 Å². The smallest absolute Gasteiger partial charge is 0.265 e. The topological polar surface area (TPSA) is 76.7 Å². The van der Waals surface area contributed by atoms with E-state index in [9.17, 15) is 9.59 Å². The molecule has 27 heavy (non-hydrogen) atoms. The minimum atomic E-state index is -0.706. The number of methoxy groups -OCH3 is 1. The first-order chi connectivity index (χ1) is 13.1. The molecule has 2 N–H and O–H groups in total. The number of para-hydroxylation sites is 2. The van der Waals surface area contributed by atoms with Gasteiger partial charge in [-0.1, -0.05) is 37.3 Å². The number of hydrogen-bond donors (Lipinski definition) is 2. The van der Waals surface area contributed by atoms with Gasteiger partial charge in [-0.05, 0) is 37.1 Å². The Balaban J connectivity index is 2.05. The van der Waals surface area contributed by atoms with E-state index in [1.807, 2.05) is 31.2 Å². The highest BCUT2D eigenvalue weighted by atomic mass is 16.5. The molecule has 0 aliphatic rings. The lowest BCUT2D eigenvalue weighted by Crippen LogP contribution is -2.32. The number of carbonyl (C=O) groups excluding carboxylic acids is 2. The molecule has 1 atom stereocenters. The van der Waals surface area contributed by atoms with Gasteiger partial charge in [-0.25, -0.2) is 0 Å². The van der Waals surface area contributed by atoms with Crippen LogP contribution in [0.1, 0.15) is 29.8 Å². The van der Waals surface area contributed by atoms with Gasteiger partial charge in [0.15, 0.2) is 6.10 Å². The van der Waals surface area contributed by atoms with Crippen molar-refractivity contribution < 1.29 is 19.1 Å². The molecule has 0 unspecified atom stereocenters. The fourth-order valence-corrected chi connectivity index (χ4v) is 2.54. The molecule has 144 valence electrons. The van der Waals surface area contributed by atoms with E-state index in [2.05, 4.69) is 10.6 Å². The first kappa shape index (κ1) is 20.5. The number of rotatable bonds is 9. The molecule has 0 aromatic heterocycles. The quantitative estimate of drug-likeness (QED) is 0.665. The third kappa shape index (κ3) is 5.82. The summed E-state index contributed by atoms with van der Waals surface area (Å²) in [5.74, 6) is 0.0964. The van der Waals surface area contributed by atoms with Gasteiger partial charge in [0.2, 0.25) is 0 Å². The Kier molecular flexibility index (Phi) is 7.82. The lowest BCUT2D eigenvalue weighted by molar-refractivity contribution is -0.122. The van der Waals surface area contributed by atoms with Crippen molar-refractivity contribution in [3.05, 3.63) is 59.7 Å². The third-order valence-electron chi connectivity index (χ3n) is 4.05. The van der Waals surface area contributed by atoms with Crippen molar-refractivity contribution in [2.24, 2.45) is 0 Å². The normalized spacial score (nSPS) is 11.5. The van der Waals surface area contributed by atoms with Crippen molar-refractivity contribution in [3.8, 4) is 5.75 Å². The van der Waals surface area contributed by atoms with Crippen molar-refractivity contribution >= 4 is 17.5 Å². The van der Waals surface area contributed by atoms with Crippen molar-refractivity contribution in [2.45, 2.75) is 26.4 Å². The monoisotopic (exact) mass is 370 g/mol. The summed E-state index contributed by atoms with van der Waals surface area (Å²) in [6.45, 7) is 4.53. The minimum absolute atomic E-state index is 0.271. The van der Waals surface area contributed by atoms with Gasteiger partial charge in [0.25, 0.3) is 11.8 Å². The molecule has 0 saturated heterocycles. The standard InChI is InChI=1S/C21H26N2O4/c1-4-16-9-5-8-12-19(16)27-15(2)20(24)23-18-11-7-6-10-17(18)21(25)22-13-14-26-3/h5-12,15H,4,13-14H2,1-3H3,(H,22,25)(H,23,24)/t15-/m0/s1. The minimum Gasteiger partial charge on any atom is -0.481 e. The number of amides is 2. The highest BCUT2D eigenvalue weighted by Gasteiger charge is 2.19. The van der Waals surface area contributed by atoms with Crippen LogP contribution in [-0.4, -0.2) is 38.2 Å². The predicted molar refractivity (Wildman–Crippen MR) is 105 cm³/mol. The van der Waals surface area contributed by atoms with E-state index in [0.29, 0.717) is 30.2 Å². The van der Waals surface area contributed by atoms with Crippen LogP contribution in [0.15, 0.2) is 48.5 Å². The van der Waals surface area contributed by atoms with Crippen LogP contribution < -0.4 is 15.4 Å². The second-order valence-electron chi connectivity index (χ2n) is 6.00. The Morgan fingerprint density at radius 3 is 2.52 bits per heavy atom. The molecule has 0 aliphatic carbocycles. The number of ether oxygens (including phenoxy) is 2. The molecule has 2 aromatic carbocycles. The van der Waals surface area contributed by atoms with E-state index >= 15 is 0 Å². The van der Waals surface area contributed by atoms with Crippen LogP contribution >= 0.6 is 0 Å². The van der Waals surface area contributed by atoms with Crippen molar-refractivity contribution in [1.82, 2.24) is 5.32 Å². The van der Waals surface area contributed by atoms with Crippen molar-refractivity contribution in [2.75, 3.05) is 25.6 Å². The number of aryl methyl sites for hydroxylation is 1. The number of anilines is 1. The molecule has 2 rings (SSSR count). The lowest BCUT2D eigenvalue weighted by atomic mass is 10.1. The average Bonchev–Trinajstić information content (AvgIpc) is 2.68. The summed E-state index contributed by atoms with van der Waals surface area (Å²) in [6, 6.07) is 14.5. The van der Waals surface area contributed by atoms with Gasteiger partial charge in [-0.3, -0.25) is 9.59 Å². The second kappa shape index (κ2) is 10.3. The molecule has 0 spiro atoms. The van der Waals surface area contributed by atoms with Crippen molar-refractivity contribution in [3.63, 3.8) is 0 Å². The Bertz CT molecular complexity index is 776. The summed E-state index contributed by atoms with van der Waals surface area (Å²) in [5.41, 5.74) is 1.87. The Hall–Kier alpha value is -2.86. The third-order valence-corrected chi connectivity index (χ3v) is 4.05. The van der Waals surface area contributed by atoms with Crippen LogP contribution in [0.5, 0.6) is 5.75 Å². The van der Waals surface area contributed by atoms with Crippen LogP contribution in [0.3, 0.4) is 0 Å². The Morgan fingerprint density at radius 2 is 1.78 bits per heavy atom. The fourth-order valence-electron chi connectivity index (χ4n) is 2.54. The summed E-state index contributed by atoms with van der Waals surface area (Å²) in [4.78, 5) is 24.9. The Labute approximate surface area is 159 Å². The predicted octanol–water partition coefficient (Wildman–Crippen LogP) is 3.03. The van der Waals surface area contributed by atoms with Gasteiger partial charge < -0.3 is 20.1 Å². The summed E-state index contributed by atoms with van der Waals surface area (Å²) in [7, 11) is 1.57. The van der Waals surface area contributed by atoms with Crippen LogP contribution in [0.25, 0.3) is 0 Å². The first-order valence-electron chi connectivity index (χ1n) is 8.98. The van der Waals surface area contributed by atoms with E-state index in [1.54, 1.807) is 38.3 Å². The maximum Gasteiger partial charge on any atom is 0.265 e. The van der Waals surface area contributed by atoms with E-state index in [1.165, 1.54) is 0 Å². The van der Waals surface area contributed by atoms with Gasteiger partial charge in [0.1, 0.15) is 5.75 Å². The van der Waals surface area contributed by atoms with E-state index in [4.69, 9.17) is 9.47 Å². The maximum atomic E-state index is 12.6. The van der Waals surface area contributed by atoms with Gasteiger partial charge >= 0.3 is 0 Å². The fraction of sp³-hybridized carbons (Fsp3) is 0.333. The summed E-state index contributed by atoms with van der Waals surface area (Å²) in [5, 5.41) is 5.53. The zero-order chi connectivity index (χ0) is 19.6. The van der Waals surface area contributed by atoms with E-state index in [-0.39, 0.29) is 11.8 Å². The number of nitrogens with one attached hydrogen (secondary N) is 2. The molecule has 6 heteroatoms. The molecule has 0 bridgehead atoms. The van der Waals surface area contributed by atoms with E-state index < -0.39 is 6.10 Å². The summed E-state index contributed by atoms with van der Waals surface area (Å²) in [6.07, 6.45) is 0.108. The van der Waals surface area contributed by atoms with Gasteiger partial charge in [-0.2, -0.15) is 0 Å². The number of benzene rings is 2. The molecule has 0 saturated carbocycles. The molecule has 0 fully saturated rings. The molecular formula is C21H26N2O4. The molecule has 2 amide bonds. The molecular weight excluding hydrogens is 344 g/mol. The van der Waals surface area contributed by atoms with Crippen LogP contribution in [0.2, 0.25) is 0 Å². The Morgan fingerprint density at radius 1 is 1.07 bits per heavy atom. The molecule has 6 nitrogen and oxygen atoms in total. The molecule has 0 aliphatic heterocycles. The van der Waals surface area contributed by atoms with Gasteiger partial charge in [-0.15, -0.1) is 0 Å². The number of hydrogen-bond acceptors (Lipinski definition) is 4. The molecule has 0 radical (unpaired) electrons. The van der Waals surface area contributed by atoms with E-state index in [0.717, 1.165) is 12.0 Å². The maximum absolute atomic E-state index is 12.6. The average molecular weight is 370 g/mol. The zero-order valence-electron chi connectivity index (χ0n) is 16.0. The highest BCUT2D eigenvalue weighted by molar-refractivity contribution is 6.04. The molecule has 0 heterocycles. The van der Waals surface area contributed by atoms with Crippen LogP contribution in [-0.2, 0) is 16.0 Å². The first-order valence-corrected chi connectivity index (χ1v) is 8.98. The zero-order valence-corrected chi connectivity index (χ0v) is 16.0. The second-order valence-corrected chi connectivity index (χ2v) is 6.00. The number of carbonyl (C=O) groups is 2. The van der Waals surface area contributed by atoms with Gasteiger partial charge in [0, 0.05) is 13.7 Å². The lowest BCUT2D eigenvalue weighted by Gasteiger charge is -2.18. The largest absolute Gasteiger partial charge is 0.481 e. The van der Waals surface area contributed by atoms with Crippen molar-refractivity contribution in [1.29, 1.82) is 0 Å². The summed E-state index contributed by atoms with van der Waals surface area (Å²) < 4.78 is 10.7. The molecule has 2 aromatic rings.